The molecule has 0 bridgehead atoms. The van der Waals surface area contributed by atoms with Gasteiger partial charge in [0.15, 0.2) is 23.0 Å². The van der Waals surface area contributed by atoms with Gasteiger partial charge < -0.3 is 14.4 Å². The number of hydrogen-bond donors (Lipinski definition) is 0. The molecule has 0 aliphatic carbocycles. The van der Waals surface area contributed by atoms with Crippen LogP contribution in [0.25, 0.3) is 5.65 Å². The first-order valence-corrected chi connectivity index (χ1v) is 7.87. The molecule has 0 amide bonds. The second kappa shape index (κ2) is 5.67. The van der Waals surface area contributed by atoms with E-state index in [2.05, 4.69) is 32.3 Å². The highest BCUT2D eigenvalue weighted by molar-refractivity contribution is 5.52. The van der Waals surface area contributed by atoms with E-state index < -0.39 is 0 Å². The summed E-state index contributed by atoms with van der Waals surface area (Å²) in [5.74, 6) is 3.25. The van der Waals surface area contributed by atoms with Gasteiger partial charge in [-0.05, 0) is 48.7 Å². The lowest BCUT2D eigenvalue weighted by Gasteiger charge is -2.30. The number of anilines is 1. The molecular formula is C17H19N5O2. The zero-order chi connectivity index (χ0) is 16.7. The Kier molecular flexibility index (Phi) is 3.48. The normalized spacial score (nSPS) is 13.9. The van der Waals surface area contributed by atoms with Gasteiger partial charge in [-0.3, -0.25) is 0 Å². The summed E-state index contributed by atoms with van der Waals surface area (Å²) >= 11 is 0. The molecule has 3 heterocycles. The van der Waals surface area contributed by atoms with Crippen molar-refractivity contribution in [2.24, 2.45) is 0 Å². The first kappa shape index (κ1) is 14.7. The topological polar surface area (TPSA) is 64.8 Å². The second-order valence-corrected chi connectivity index (χ2v) is 5.86. The van der Waals surface area contributed by atoms with Gasteiger partial charge in [-0.1, -0.05) is 0 Å². The molecule has 24 heavy (non-hydrogen) atoms. The minimum atomic E-state index is 0.760. The molecular weight excluding hydrogens is 306 g/mol. The molecule has 0 N–H and O–H groups in total. The predicted molar refractivity (Wildman–Crippen MR) is 89.8 cm³/mol. The first-order chi connectivity index (χ1) is 11.7. The molecule has 0 saturated carbocycles. The largest absolute Gasteiger partial charge is 0.493 e. The average Bonchev–Trinajstić information content (AvgIpc) is 3.00. The van der Waals surface area contributed by atoms with Gasteiger partial charge in [-0.2, -0.15) is 4.52 Å². The minimum absolute atomic E-state index is 0.760. The van der Waals surface area contributed by atoms with Crippen molar-refractivity contribution in [3.05, 3.63) is 41.2 Å². The van der Waals surface area contributed by atoms with E-state index in [9.17, 15) is 0 Å². The molecule has 0 radical (unpaired) electrons. The molecule has 0 atom stereocenters. The maximum absolute atomic E-state index is 5.43. The maximum atomic E-state index is 5.43. The zero-order valence-electron chi connectivity index (χ0n) is 14.0. The summed E-state index contributed by atoms with van der Waals surface area (Å²) in [5, 5.41) is 12.8. The van der Waals surface area contributed by atoms with Crippen LogP contribution < -0.4 is 14.4 Å². The number of benzene rings is 1. The van der Waals surface area contributed by atoms with Crippen molar-refractivity contribution in [1.29, 1.82) is 0 Å². The molecule has 4 rings (SSSR count). The van der Waals surface area contributed by atoms with Gasteiger partial charge in [-0.25, -0.2) is 0 Å². The monoisotopic (exact) mass is 325 g/mol. The zero-order valence-corrected chi connectivity index (χ0v) is 14.0. The van der Waals surface area contributed by atoms with Crippen LogP contribution in [0.4, 0.5) is 5.82 Å². The lowest BCUT2D eigenvalue weighted by atomic mass is 9.99. The van der Waals surface area contributed by atoms with Gasteiger partial charge in [0.1, 0.15) is 5.82 Å². The number of fused-ring (bicyclic) bond motifs is 2. The van der Waals surface area contributed by atoms with Gasteiger partial charge in [0.2, 0.25) is 0 Å². The summed E-state index contributed by atoms with van der Waals surface area (Å²) in [6, 6.07) is 8.08. The number of aryl methyl sites for hydroxylation is 1. The molecule has 0 fully saturated rings. The molecule has 7 heteroatoms. The highest BCUT2D eigenvalue weighted by Gasteiger charge is 2.21. The number of nitrogens with zero attached hydrogens (tertiary/aromatic N) is 5. The van der Waals surface area contributed by atoms with Gasteiger partial charge in [-0.15, -0.1) is 15.3 Å². The number of methoxy groups -OCH3 is 2. The van der Waals surface area contributed by atoms with Gasteiger partial charge in [0, 0.05) is 13.1 Å². The van der Waals surface area contributed by atoms with Crippen LogP contribution in [-0.4, -0.2) is 40.6 Å². The molecule has 1 aliphatic heterocycles. The Bertz CT molecular complexity index is 905. The second-order valence-electron chi connectivity index (χ2n) is 5.86. The Balaban J connectivity index is 1.68. The van der Waals surface area contributed by atoms with Crippen LogP contribution in [0.5, 0.6) is 11.5 Å². The van der Waals surface area contributed by atoms with Crippen LogP contribution in [0.15, 0.2) is 24.3 Å². The summed E-state index contributed by atoms with van der Waals surface area (Å²) in [6.45, 7) is 3.59. The van der Waals surface area contributed by atoms with Crippen molar-refractivity contribution in [3.63, 3.8) is 0 Å². The van der Waals surface area contributed by atoms with Crippen LogP contribution >= 0.6 is 0 Å². The van der Waals surface area contributed by atoms with Gasteiger partial charge >= 0.3 is 0 Å². The third-order valence-electron chi connectivity index (χ3n) is 4.45. The maximum Gasteiger partial charge on any atom is 0.178 e. The Hall–Kier alpha value is -2.83. The molecule has 124 valence electrons. The number of ether oxygens (including phenoxy) is 2. The first-order valence-electron chi connectivity index (χ1n) is 7.87. The van der Waals surface area contributed by atoms with E-state index in [1.807, 2.05) is 19.1 Å². The summed E-state index contributed by atoms with van der Waals surface area (Å²) in [6.07, 6.45) is 0.941. The van der Waals surface area contributed by atoms with Crippen molar-refractivity contribution >= 4 is 11.5 Å². The summed E-state index contributed by atoms with van der Waals surface area (Å²) < 4.78 is 12.6. The van der Waals surface area contributed by atoms with Crippen LogP contribution in [0.2, 0.25) is 0 Å². The lowest BCUT2D eigenvalue weighted by Crippen LogP contribution is -2.31. The highest BCUT2D eigenvalue weighted by atomic mass is 16.5. The summed E-state index contributed by atoms with van der Waals surface area (Å²) in [4.78, 5) is 2.26. The van der Waals surface area contributed by atoms with Crippen LogP contribution in [-0.2, 0) is 13.0 Å². The smallest absolute Gasteiger partial charge is 0.178 e. The Labute approximate surface area is 139 Å². The van der Waals surface area contributed by atoms with E-state index in [1.54, 1.807) is 18.7 Å². The quantitative estimate of drug-likeness (QED) is 0.734. The minimum Gasteiger partial charge on any atom is -0.493 e. The summed E-state index contributed by atoms with van der Waals surface area (Å²) in [7, 11) is 3.33. The lowest BCUT2D eigenvalue weighted by molar-refractivity contribution is 0.353. The molecule has 3 aromatic rings. The van der Waals surface area contributed by atoms with E-state index in [4.69, 9.17) is 9.47 Å². The van der Waals surface area contributed by atoms with Crippen LogP contribution in [0, 0.1) is 6.92 Å². The number of rotatable bonds is 3. The van der Waals surface area contributed by atoms with Crippen molar-refractivity contribution < 1.29 is 9.47 Å². The molecule has 0 saturated heterocycles. The third-order valence-corrected chi connectivity index (χ3v) is 4.45. The van der Waals surface area contributed by atoms with Gasteiger partial charge in [0.25, 0.3) is 0 Å². The fourth-order valence-electron chi connectivity index (χ4n) is 3.13. The highest BCUT2D eigenvalue weighted by Crippen LogP contribution is 2.34. The van der Waals surface area contributed by atoms with E-state index in [0.29, 0.717) is 0 Å². The van der Waals surface area contributed by atoms with Crippen molar-refractivity contribution in [2.75, 3.05) is 25.7 Å². The fourth-order valence-corrected chi connectivity index (χ4v) is 3.13. The average molecular weight is 325 g/mol. The Morgan fingerprint density at radius 3 is 2.50 bits per heavy atom. The SMILES string of the molecule is COc1cc2c(cc1OC)CN(c1ccc3nnc(C)n3n1)CC2. The molecule has 1 aromatic carbocycles. The van der Waals surface area contributed by atoms with E-state index in [0.717, 1.165) is 48.3 Å². The Morgan fingerprint density at radius 2 is 1.75 bits per heavy atom. The number of hydrogen-bond acceptors (Lipinski definition) is 6. The standard InChI is InChI=1S/C17H19N5O2/c1-11-18-19-16-4-5-17(20-22(11)16)21-7-6-12-8-14(23-2)15(24-3)9-13(12)10-21/h4-5,8-9H,6-7,10H2,1-3H3. The van der Waals surface area contributed by atoms with E-state index in [-0.39, 0.29) is 0 Å². The van der Waals surface area contributed by atoms with Crippen molar-refractivity contribution in [3.8, 4) is 11.5 Å². The Morgan fingerprint density at radius 1 is 1.00 bits per heavy atom. The van der Waals surface area contributed by atoms with E-state index in [1.165, 1.54) is 11.1 Å². The predicted octanol–water partition coefficient (Wildman–Crippen LogP) is 2.01. The number of aromatic nitrogens is 4. The molecule has 0 unspecified atom stereocenters. The van der Waals surface area contributed by atoms with E-state index >= 15 is 0 Å². The molecule has 7 nitrogen and oxygen atoms in total. The molecule has 0 spiro atoms. The van der Waals surface area contributed by atoms with Crippen LogP contribution in [0.3, 0.4) is 0 Å². The van der Waals surface area contributed by atoms with Crippen LogP contribution in [0.1, 0.15) is 17.0 Å². The summed E-state index contributed by atoms with van der Waals surface area (Å²) in [5.41, 5.74) is 3.30. The van der Waals surface area contributed by atoms with Crippen molar-refractivity contribution in [2.45, 2.75) is 19.9 Å². The van der Waals surface area contributed by atoms with Crippen molar-refractivity contribution in [1.82, 2.24) is 19.8 Å². The van der Waals surface area contributed by atoms with Gasteiger partial charge in [0.05, 0.1) is 14.2 Å². The molecule has 2 aromatic heterocycles. The third kappa shape index (κ3) is 2.33. The molecule has 1 aliphatic rings. The fraction of sp³-hybridized carbons (Fsp3) is 0.353.